The number of unbranched alkanes of at least 4 members (excludes halogenated alkanes) is 6. The summed E-state index contributed by atoms with van der Waals surface area (Å²) in [5, 5.41) is 0. The van der Waals surface area contributed by atoms with Gasteiger partial charge in [0.25, 0.3) is 0 Å². The number of hydrogen-bond donors (Lipinski definition) is 0. The fourth-order valence-electron chi connectivity index (χ4n) is 1.23. The van der Waals surface area contributed by atoms with E-state index < -0.39 is 5.97 Å². The lowest BCUT2D eigenvalue weighted by molar-refractivity contribution is -0.131. The van der Waals surface area contributed by atoms with E-state index in [2.05, 4.69) is 30.1 Å². The van der Waals surface area contributed by atoms with E-state index in [4.69, 9.17) is 0 Å². The molecule has 2 heteroatoms. The molecule has 0 heterocycles. The van der Waals surface area contributed by atoms with Gasteiger partial charge in [-0.25, -0.2) is 4.79 Å². The summed E-state index contributed by atoms with van der Waals surface area (Å²) in [6.07, 6.45) is 9.31. The molecule has 0 radical (unpaired) electrons. The van der Waals surface area contributed by atoms with Crippen LogP contribution in [0, 0.1) is 11.8 Å². The maximum atomic E-state index is 10.8. The van der Waals surface area contributed by atoms with Crippen molar-refractivity contribution >= 4 is 5.97 Å². The van der Waals surface area contributed by atoms with Gasteiger partial charge in [0.2, 0.25) is 0 Å². The molecule has 0 unspecified atom stereocenters. The van der Waals surface area contributed by atoms with Crippen LogP contribution in [0.15, 0.2) is 12.8 Å². The molecule has 0 aromatic carbocycles. The van der Waals surface area contributed by atoms with Crippen LogP contribution in [0.2, 0.25) is 0 Å². The molecule has 0 rings (SSSR count). The largest absolute Gasteiger partial charge is 0.426 e. The van der Waals surface area contributed by atoms with Gasteiger partial charge >= 0.3 is 5.97 Å². The maximum absolute atomic E-state index is 10.8. The van der Waals surface area contributed by atoms with Crippen molar-refractivity contribution in [1.82, 2.24) is 0 Å². The Morgan fingerprint density at radius 3 is 2.60 bits per heavy atom. The van der Waals surface area contributed by atoms with Gasteiger partial charge in [0, 0.05) is 12.3 Å². The SMILES string of the molecule is C=COC(=O)C#CCCCCCCCC. The van der Waals surface area contributed by atoms with Crippen LogP contribution >= 0.6 is 0 Å². The van der Waals surface area contributed by atoms with Crippen LogP contribution in [-0.2, 0) is 9.53 Å². The second-order valence-corrected chi connectivity index (χ2v) is 3.39. The third-order valence-corrected chi connectivity index (χ3v) is 2.04. The first kappa shape index (κ1) is 13.8. The first-order valence-electron chi connectivity index (χ1n) is 5.61. The first-order chi connectivity index (χ1) is 7.31. The Hall–Kier alpha value is -1.23. The zero-order valence-electron chi connectivity index (χ0n) is 9.55. The summed E-state index contributed by atoms with van der Waals surface area (Å²) in [6.45, 7) is 5.48. The van der Waals surface area contributed by atoms with Gasteiger partial charge in [-0.15, -0.1) is 0 Å². The Bertz CT molecular complexity index is 233. The van der Waals surface area contributed by atoms with E-state index in [1.807, 2.05) is 0 Å². The van der Waals surface area contributed by atoms with E-state index in [1.54, 1.807) is 0 Å². The van der Waals surface area contributed by atoms with E-state index in [-0.39, 0.29) is 0 Å². The third kappa shape index (κ3) is 10.7. The normalized spacial score (nSPS) is 8.87. The van der Waals surface area contributed by atoms with E-state index in [0.717, 1.165) is 19.1 Å². The summed E-state index contributed by atoms with van der Waals surface area (Å²) in [5.74, 6) is 4.67. The molecule has 0 saturated heterocycles. The van der Waals surface area contributed by atoms with Crippen LogP contribution < -0.4 is 0 Å². The predicted molar refractivity (Wildman–Crippen MR) is 62.1 cm³/mol. The molecule has 0 atom stereocenters. The minimum absolute atomic E-state index is 0.518. The summed E-state index contributed by atoms with van der Waals surface area (Å²) in [7, 11) is 0. The van der Waals surface area contributed by atoms with Crippen LogP contribution in [0.25, 0.3) is 0 Å². The number of carbonyl (C=O) groups is 1. The summed E-state index contributed by atoms with van der Waals surface area (Å²) < 4.78 is 4.45. The van der Waals surface area contributed by atoms with Crippen LogP contribution in [0.5, 0.6) is 0 Å². The molecular weight excluding hydrogens is 188 g/mol. The van der Waals surface area contributed by atoms with Crippen molar-refractivity contribution in [3.63, 3.8) is 0 Å². The van der Waals surface area contributed by atoms with E-state index >= 15 is 0 Å². The van der Waals surface area contributed by atoms with Gasteiger partial charge < -0.3 is 4.74 Å². The molecule has 0 aliphatic rings. The molecule has 0 aromatic heterocycles. The van der Waals surface area contributed by atoms with Crippen molar-refractivity contribution in [2.75, 3.05) is 0 Å². The number of hydrogen-bond acceptors (Lipinski definition) is 2. The summed E-state index contributed by atoms with van der Waals surface area (Å²) in [5.41, 5.74) is 0. The maximum Gasteiger partial charge on any atom is 0.389 e. The smallest absolute Gasteiger partial charge is 0.389 e. The molecule has 0 aliphatic carbocycles. The Morgan fingerprint density at radius 2 is 1.93 bits per heavy atom. The second-order valence-electron chi connectivity index (χ2n) is 3.39. The number of carbonyl (C=O) groups excluding carboxylic acids is 1. The molecule has 0 saturated carbocycles. The average Bonchev–Trinajstić information content (AvgIpc) is 2.22. The molecule has 0 bridgehead atoms. The highest BCUT2D eigenvalue weighted by Gasteiger charge is 1.91. The van der Waals surface area contributed by atoms with Gasteiger partial charge in [0.15, 0.2) is 0 Å². The van der Waals surface area contributed by atoms with Crippen LogP contribution in [-0.4, -0.2) is 5.97 Å². The highest BCUT2D eigenvalue weighted by Crippen LogP contribution is 2.05. The molecule has 0 N–H and O–H groups in total. The molecule has 15 heavy (non-hydrogen) atoms. The monoisotopic (exact) mass is 208 g/mol. The predicted octanol–water partition coefficient (Wildman–Crippen LogP) is 3.43. The van der Waals surface area contributed by atoms with Gasteiger partial charge in [-0.1, -0.05) is 51.5 Å². The lowest BCUT2D eigenvalue weighted by Crippen LogP contribution is -1.93. The Morgan fingerprint density at radius 1 is 1.27 bits per heavy atom. The van der Waals surface area contributed by atoms with Gasteiger partial charge in [-0.2, -0.15) is 0 Å². The summed E-state index contributed by atoms with van der Waals surface area (Å²) >= 11 is 0. The average molecular weight is 208 g/mol. The minimum atomic E-state index is -0.518. The molecule has 0 spiro atoms. The third-order valence-electron chi connectivity index (χ3n) is 2.04. The van der Waals surface area contributed by atoms with Crippen molar-refractivity contribution in [2.45, 2.75) is 51.9 Å². The number of rotatable bonds is 7. The van der Waals surface area contributed by atoms with Gasteiger partial charge in [-0.05, 0) is 6.42 Å². The molecule has 0 aliphatic heterocycles. The topological polar surface area (TPSA) is 26.3 Å². The molecule has 0 amide bonds. The Labute approximate surface area is 92.7 Å². The van der Waals surface area contributed by atoms with Gasteiger partial charge in [-0.3, -0.25) is 0 Å². The highest BCUT2D eigenvalue weighted by atomic mass is 16.5. The zero-order chi connectivity index (χ0) is 11.4. The molecule has 84 valence electrons. The minimum Gasteiger partial charge on any atom is -0.426 e. The molecule has 0 fully saturated rings. The van der Waals surface area contributed by atoms with E-state index in [1.165, 1.54) is 32.1 Å². The van der Waals surface area contributed by atoms with E-state index in [9.17, 15) is 4.79 Å². The van der Waals surface area contributed by atoms with Gasteiger partial charge in [0.1, 0.15) is 0 Å². The quantitative estimate of drug-likeness (QED) is 0.211. The number of ether oxygens (including phenoxy) is 1. The summed E-state index contributed by atoms with van der Waals surface area (Å²) in [4.78, 5) is 10.8. The van der Waals surface area contributed by atoms with Crippen molar-refractivity contribution < 1.29 is 9.53 Å². The number of esters is 1. The summed E-state index contributed by atoms with van der Waals surface area (Å²) in [6, 6.07) is 0. The van der Waals surface area contributed by atoms with Crippen molar-refractivity contribution in [1.29, 1.82) is 0 Å². The van der Waals surface area contributed by atoms with Crippen molar-refractivity contribution in [3.05, 3.63) is 12.8 Å². The lowest BCUT2D eigenvalue weighted by atomic mass is 10.1. The Balaban J connectivity index is 3.29. The van der Waals surface area contributed by atoms with Crippen LogP contribution in [0.3, 0.4) is 0 Å². The lowest BCUT2D eigenvalue weighted by Gasteiger charge is -1.96. The van der Waals surface area contributed by atoms with Crippen LogP contribution in [0.4, 0.5) is 0 Å². The van der Waals surface area contributed by atoms with Crippen molar-refractivity contribution in [3.8, 4) is 11.8 Å². The highest BCUT2D eigenvalue weighted by molar-refractivity contribution is 5.88. The Kier molecular flexibility index (Phi) is 9.96. The van der Waals surface area contributed by atoms with Gasteiger partial charge in [0.05, 0.1) is 6.26 Å². The second kappa shape index (κ2) is 10.8. The first-order valence-corrected chi connectivity index (χ1v) is 5.61. The zero-order valence-corrected chi connectivity index (χ0v) is 9.55. The molecule has 0 aromatic rings. The standard InChI is InChI=1S/C13H20O2/c1-3-5-6-7-8-9-10-11-12-13(14)15-4-2/h4H,2-3,5-10H2,1H3. The molecular formula is C13H20O2. The fourth-order valence-corrected chi connectivity index (χ4v) is 1.23. The molecule has 2 nitrogen and oxygen atoms in total. The van der Waals surface area contributed by atoms with E-state index in [0.29, 0.717) is 0 Å². The fraction of sp³-hybridized carbons (Fsp3) is 0.615. The van der Waals surface area contributed by atoms with Crippen LogP contribution in [0.1, 0.15) is 51.9 Å². The van der Waals surface area contributed by atoms with Crippen molar-refractivity contribution in [2.24, 2.45) is 0 Å².